The maximum absolute atomic E-state index is 4.19. The molecule has 42 valence electrons. The third-order valence-corrected chi connectivity index (χ3v) is 2.97. The predicted octanol–water partition coefficient (Wildman–Crippen LogP) is 1.63. The lowest BCUT2D eigenvalue weighted by Crippen LogP contribution is -2.02. The lowest BCUT2D eigenvalue weighted by Gasteiger charge is -2.03. The van der Waals surface area contributed by atoms with E-state index in [1.807, 2.05) is 0 Å². The summed E-state index contributed by atoms with van der Waals surface area (Å²) in [6.45, 7) is 0. The molecule has 0 radical (unpaired) electrons. The Morgan fingerprint density at radius 1 is 1.14 bits per heavy atom. The predicted molar refractivity (Wildman–Crippen MR) is 39.4 cm³/mol. The van der Waals surface area contributed by atoms with Crippen LogP contribution in [0.3, 0.4) is 0 Å². The van der Waals surface area contributed by atoms with Crippen molar-refractivity contribution < 1.29 is 0 Å². The van der Waals surface area contributed by atoms with Crippen LogP contribution in [0.5, 0.6) is 0 Å². The molecule has 1 aliphatic carbocycles. The summed E-state index contributed by atoms with van der Waals surface area (Å²) in [5.41, 5.74) is 0.562. The Kier molecular flexibility index (Phi) is 1.58. The lowest BCUT2D eigenvalue weighted by atomic mass is 10.2. The highest BCUT2D eigenvalue weighted by Gasteiger charge is 2.39. The van der Waals surface area contributed by atoms with E-state index in [2.05, 4.69) is 25.3 Å². The molecule has 0 aromatic carbocycles. The van der Waals surface area contributed by atoms with E-state index in [4.69, 9.17) is 0 Å². The second-order valence-corrected chi connectivity index (χ2v) is 2.95. The summed E-state index contributed by atoms with van der Waals surface area (Å²) in [6, 6.07) is 0. The van der Waals surface area contributed by atoms with Crippen molar-refractivity contribution in [3.8, 4) is 0 Å². The molecule has 0 aromatic rings. The van der Waals surface area contributed by atoms with Crippen molar-refractivity contribution in [2.75, 3.05) is 11.5 Å². The summed E-state index contributed by atoms with van der Waals surface area (Å²) < 4.78 is 0. The summed E-state index contributed by atoms with van der Waals surface area (Å²) in [6.07, 6.45) is 2.69. The topological polar surface area (TPSA) is 0 Å². The van der Waals surface area contributed by atoms with Gasteiger partial charge in [-0.25, -0.2) is 0 Å². The molecule has 0 spiro atoms. The quantitative estimate of drug-likeness (QED) is 0.527. The number of thiol groups is 2. The molecule has 0 nitrogen and oxygen atoms in total. The molecule has 1 fully saturated rings. The van der Waals surface area contributed by atoms with E-state index >= 15 is 0 Å². The normalized spacial score (nSPS) is 24.9. The minimum Gasteiger partial charge on any atom is -0.179 e. The Labute approximate surface area is 55.5 Å². The lowest BCUT2D eigenvalue weighted by molar-refractivity contribution is 0.685. The highest BCUT2D eigenvalue weighted by molar-refractivity contribution is 7.81. The van der Waals surface area contributed by atoms with E-state index in [1.165, 1.54) is 12.8 Å². The molecular formula is C5H10S2. The zero-order valence-electron chi connectivity index (χ0n) is 4.22. The Balaban J connectivity index is 2.28. The molecule has 0 bridgehead atoms. The molecule has 1 saturated carbocycles. The van der Waals surface area contributed by atoms with Gasteiger partial charge in [-0.1, -0.05) is 0 Å². The standard InChI is InChI=1S/C5H10S2/c6-3-5(4-7)1-2-5/h6-7H,1-4H2. The van der Waals surface area contributed by atoms with Gasteiger partial charge in [-0.15, -0.1) is 0 Å². The van der Waals surface area contributed by atoms with Crippen molar-refractivity contribution in [3.05, 3.63) is 0 Å². The molecule has 0 aliphatic heterocycles. The van der Waals surface area contributed by atoms with Gasteiger partial charge in [-0.3, -0.25) is 0 Å². The van der Waals surface area contributed by atoms with Crippen molar-refractivity contribution in [1.29, 1.82) is 0 Å². The van der Waals surface area contributed by atoms with Gasteiger partial charge in [-0.05, 0) is 29.8 Å². The maximum Gasteiger partial charge on any atom is -0.00333 e. The Morgan fingerprint density at radius 2 is 1.57 bits per heavy atom. The average Bonchev–Trinajstić information content (AvgIpc) is 2.46. The van der Waals surface area contributed by atoms with Gasteiger partial charge in [0.15, 0.2) is 0 Å². The second-order valence-electron chi connectivity index (χ2n) is 2.32. The van der Waals surface area contributed by atoms with Crippen molar-refractivity contribution >= 4 is 25.3 Å². The van der Waals surface area contributed by atoms with Gasteiger partial charge in [0.2, 0.25) is 0 Å². The van der Waals surface area contributed by atoms with Crippen LogP contribution in [0.4, 0.5) is 0 Å². The molecule has 1 aliphatic rings. The second kappa shape index (κ2) is 1.90. The highest BCUT2D eigenvalue weighted by Crippen LogP contribution is 2.46. The summed E-state index contributed by atoms with van der Waals surface area (Å²) >= 11 is 8.39. The van der Waals surface area contributed by atoms with Crippen molar-refractivity contribution in [2.45, 2.75) is 12.8 Å². The van der Waals surface area contributed by atoms with E-state index < -0.39 is 0 Å². The van der Waals surface area contributed by atoms with E-state index in [-0.39, 0.29) is 0 Å². The zero-order chi connectivity index (χ0) is 5.33. The highest BCUT2D eigenvalue weighted by atomic mass is 32.1. The number of hydrogen-bond donors (Lipinski definition) is 2. The molecule has 0 heterocycles. The average molecular weight is 134 g/mol. The van der Waals surface area contributed by atoms with E-state index in [1.54, 1.807) is 0 Å². The smallest absolute Gasteiger partial charge is 0.00333 e. The van der Waals surface area contributed by atoms with Crippen molar-refractivity contribution in [1.82, 2.24) is 0 Å². The SMILES string of the molecule is SCC1(CS)CC1. The van der Waals surface area contributed by atoms with Crippen molar-refractivity contribution in [2.24, 2.45) is 5.41 Å². The molecule has 7 heavy (non-hydrogen) atoms. The third-order valence-electron chi connectivity index (χ3n) is 1.63. The van der Waals surface area contributed by atoms with Crippen LogP contribution in [0.2, 0.25) is 0 Å². The van der Waals surface area contributed by atoms with Gasteiger partial charge < -0.3 is 0 Å². The van der Waals surface area contributed by atoms with Crippen LogP contribution in [-0.2, 0) is 0 Å². The van der Waals surface area contributed by atoms with Gasteiger partial charge in [0.05, 0.1) is 0 Å². The monoisotopic (exact) mass is 134 g/mol. The first kappa shape index (κ1) is 5.83. The maximum atomic E-state index is 4.19. The molecular weight excluding hydrogens is 124 g/mol. The fraction of sp³-hybridized carbons (Fsp3) is 1.00. The molecule has 0 saturated heterocycles. The van der Waals surface area contributed by atoms with Crippen LogP contribution in [0.1, 0.15) is 12.8 Å². The molecule has 0 N–H and O–H groups in total. The van der Waals surface area contributed by atoms with Crippen LogP contribution in [0.25, 0.3) is 0 Å². The number of hydrogen-bond acceptors (Lipinski definition) is 2. The summed E-state index contributed by atoms with van der Waals surface area (Å²) in [7, 11) is 0. The fourth-order valence-electron chi connectivity index (χ4n) is 0.543. The number of rotatable bonds is 2. The third kappa shape index (κ3) is 1.08. The molecule has 0 aromatic heterocycles. The Bertz CT molecular complexity index is 60.5. The minimum atomic E-state index is 0.562. The van der Waals surface area contributed by atoms with E-state index in [0.717, 1.165) is 11.5 Å². The van der Waals surface area contributed by atoms with Gasteiger partial charge in [0.25, 0.3) is 0 Å². The van der Waals surface area contributed by atoms with Gasteiger partial charge in [0.1, 0.15) is 0 Å². The van der Waals surface area contributed by atoms with Gasteiger partial charge in [0, 0.05) is 0 Å². The first-order chi connectivity index (χ1) is 3.33. The largest absolute Gasteiger partial charge is 0.179 e. The van der Waals surface area contributed by atoms with Crippen LogP contribution in [0.15, 0.2) is 0 Å². The Hall–Kier alpha value is 0.700. The van der Waals surface area contributed by atoms with E-state index in [9.17, 15) is 0 Å². The fourth-order valence-corrected chi connectivity index (χ4v) is 1.58. The summed E-state index contributed by atoms with van der Waals surface area (Å²) in [4.78, 5) is 0. The molecule has 1 rings (SSSR count). The Morgan fingerprint density at radius 3 is 1.57 bits per heavy atom. The van der Waals surface area contributed by atoms with Crippen LogP contribution >= 0.6 is 25.3 Å². The van der Waals surface area contributed by atoms with Crippen LogP contribution in [0, 0.1) is 5.41 Å². The van der Waals surface area contributed by atoms with Crippen LogP contribution in [-0.4, -0.2) is 11.5 Å². The summed E-state index contributed by atoms with van der Waals surface area (Å²) in [5.74, 6) is 2.05. The van der Waals surface area contributed by atoms with E-state index in [0.29, 0.717) is 5.41 Å². The molecule has 0 unspecified atom stereocenters. The van der Waals surface area contributed by atoms with Gasteiger partial charge in [-0.2, -0.15) is 25.3 Å². The zero-order valence-corrected chi connectivity index (χ0v) is 6.01. The molecule has 0 amide bonds. The van der Waals surface area contributed by atoms with Gasteiger partial charge >= 0.3 is 0 Å². The van der Waals surface area contributed by atoms with Crippen LogP contribution < -0.4 is 0 Å². The summed E-state index contributed by atoms with van der Waals surface area (Å²) in [5, 5.41) is 0. The minimum absolute atomic E-state index is 0.562. The first-order valence-corrected chi connectivity index (χ1v) is 3.81. The molecule has 0 atom stereocenters. The molecule has 2 heteroatoms. The van der Waals surface area contributed by atoms with Crippen molar-refractivity contribution in [3.63, 3.8) is 0 Å². The first-order valence-electron chi connectivity index (χ1n) is 2.55.